The van der Waals surface area contributed by atoms with Crippen LogP contribution in [0.3, 0.4) is 0 Å². The molecule has 0 spiro atoms. The van der Waals surface area contributed by atoms with E-state index in [1.54, 1.807) is 25.5 Å². The Morgan fingerprint density at radius 3 is 2.56 bits per heavy atom. The molecule has 0 aliphatic rings. The van der Waals surface area contributed by atoms with Crippen molar-refractivity contribution in [3.63, 3.8) is 0 Å². The summed E-state index contributed by atoms with van der Waals surface area (Å²) in [5, 5.41) is 2.12. The Hall–Kier alpha value is -3.59. The van der Waals surface area contributed by atoms with Gasteiger partial charge in [0.1, 0.15) is 0 Å². The van der Waals surface area contributed by atoms with Gasteiger partial charge in [0.2, 0.25) is 0 Å². The SMILES string of the molecule is C=CC(=C)/C=C\C(=C/C(=C)/C=N\C)c1cnc2c(ccc3cccnc32)c1. The minimum atomic E-state index is 0.807. The highest BCUT2D eigenvalue weighted by atomic mass is 14.7. The molecule has 0 aliphatic heterocycles. The molecule has 0 atom stereocenters. The van der Waals surface area contributed by atoms with E-state index >= 15 is 0 Å². The first kappa shape index (κ1) is 18.2. The van der Waals surface area contributed by atoms with Gasteiger partial charge in [0.25, 0.3) is 0 Å². The first-order valence-electron chi connectivity index (χ1n) is 8.58. The fraction of sp³-hybridized carbons (Fsp3) is 0.0417. The van der Waals surface area contributed by atoms with E-state index in [9.17, 15) is 0 Å². The monoisotopic (exact) mass is 351 g/mol. The molecule has 3 nitrogen and oxygen atoms in total. The lowest BCUT2D eigenvalue weighted by Crippen LogP contribution is -1.90. The van der Waals surface area contributed by atoms with Crippen molar-refractivity contribution in [3.8, 4) is 0 Å². The topological polar surface area (TPSA) is 38.1 Å². The van der Waals surface area contributed by atoms with E-state index in [2.05, 4.69) is 52.9 Å². The maximum Gasteiger partial charge on any atom is 0.0964 e. The highest BCUT2D eigenvalue weighted by Crippen LogP contribution is 2.26. The number of aliphatic imine (C=N–C) groups is 1. The van der Waals surface area contributed by atoms with Gasteiger partial charge in [0.15, 0.2) is 0 Å². The van der Waals surface area contributed by atoms with Crippen molar-refractivity contribution in [3.05, 3.63) is 103 Å². The second kappa shape index (κ2) is 8.19. The number of allylic oxidation sites excluding steroid dienone is 7. The average Bonchev–Trinajstić information content (AvgIpc) is 2.70. The predicted octanol–water partition coefficient (Wildman–Crippen LogP) is 5.72. The number of benzene rings is 1. The third kappa shape index (κ3) is 4.15. The number of rotatable bonds is 6. The number of hydrogen-bond acceptors (Lipinski definition) is 3. The quantitative estimate of drug-likeness (QED) is 0.323. The highest BCUT2D eigenvalue weighted by Gasteiger charge is 2.06. The number of hydrogen-bond donors (Lipinski definition) is 0. The van der Waals surface area contributed by atoms with Crippen molar-refractivity contribution in [1.82, 2.24) is 9.97 Å². The first-order chi connectivity index (χ1) is 13.1. The summed E-state index contributed by atoms with van der Waals surface area (Å²) in [4.78, 5) is 13.2. The summed E-state index contributed by atoms with van der Waals surface area (Å²) < 4.78 is 0. The normalized spacial score (nSPS) is 12.3. The zero-order valence-electron chi connectivity index (χ0n) is 15.4. The van der Waals surface area contributed by atoms with Crippen LogP contribution in [0.2, 0.25) is 0 Å². The van der Waals surface area contributed by atoms with Gasteiger partial charge >= 0.3 is 0 Å². The molecule has 0 fully saturated rings. The summed E-state index contributed by atoms with van der Waals surface area (Å²) in [7, 11) is 1.73. The fourth-order valence-electron chi connectivity index (χ4n) is 2.79. The van der Waals surface area contributed by atoms with Crippen molar-refractivity contribution in [2.75, 3.05) is 7.05 Å². The largest absolute Gasteiger partial charge is 0.296 e. The van der Waals surface area contributed by atoms with E-state index in [4.69, 9.17) is 0 Å². The molecule has 2 aromatic heterocycles. The summed E-state index contributed by atoms with van der Waals surface area (Å²) in [6.45, 7) is 11.7. The Kier molecular flexibility index (Phi) is 5.53. The summed E-state index contributed by atoms with van der Waals surface area (Å²) in [5.74, 6) is 0. The van der Waals surface area contributed by atoms with Crippen LogP contribution in [0.4, 0.5) is 0 Å². The van der Waals surface area contributed by atoms with E-state index in [0.717, 1.165) is 44.1 Å². The molecular formula is C24H21N3. The number of fused-ring (bicyclic) bond motifs is 3. The highest BCUT2D eigenvalue weighted by molar-refractivity contribution is 6.03. The van der Waals surface area contributed by atoms with Crippen molar-refractivity contribution in [2.45, 2.75) is 0 Å². The second-order valence-electron chi connectivity index (χ2n) is 6.11. The minimum Gasteiger partial charge on any atom is -0.296 e. The van der Waals surface area contributed by atoms with E-state index in [-0.39, 0.29) is 0 Å². The van der Waals surface area contributed by atoms with Crippen LogP contribution in [0.15, 0.2) is 103 Å². The van der Waals surface area contributed by atoms with Gasteiger partial charge in [-0.2, -0.15) is 0 Å². The number of nitrogens with zero attached hydrogens (tertiary/aromatic N) is 3. The van der Waals surface area contributed by atoms with Crippen molar-refractivity contribution in [2.24, 2.45) is 4.99 Å². The molecule has 3 heteroatoms. The lowest BCUT2D eigenvalue weighted by molar-refractivity contribution is 1.36. The summed E-state index contributed by atoms with van der Waals surface area (Å²) in [6, 6.07) is 10.2. The molecule has 0 amide bonds. The molecule has 0 saturated heterocycles. The molecule has 0 radical (unpaired) electrons. The van der Waals surface area contributed by atoms with Gasteiger partial charge in [0, 0.05) is 42.0 Å². The van der Waals surface area contributed by atoms with Crippen molar-refractivity contribution < 1.29 is 0 Å². The maximum atomic E-state index is 4.69. The maximum absolute atomic E-state index is 4.69. The third-order valence-corrected chi connectivity index (χ3v) is 4.13. The van der Waals surface area contributed by atoms with Gasteiger partial charge in [-0.15, -0.1) is 0 Å². The van der Waals surface area contributed by atoms with Crippen LogP contribution in [0.5, 0.6) is 0 Å². The Morgan fingerprint density at radius 2 is 1.78 bits per heavy atom. The van der Waals surface area contributed by atoms with Crippen LogP contribution < -0.4 is 0 Å². The zero-order valence-corrected chi connectivity index (χ0v) is 15.4. The van der Waals surface area contributed by atoms with Crippen molar-refractivity contribution in [1.29, 1.82) is 0 Å². The predicted molar refractivity (Wildman–Crippen MR) is 117 cm³/mol. The number of pyridine rings is 2. The molecule has 2 heterocycles. The molecule has 0 N–H and O–H groups in total. The lowest BCUT2D eigenvalue weighted by Gasteiger charge is -2.07. The summed E-state index contributed by atoms with van der Waals surface area (Å²) in [5.41, 5.74) is 5.39. The molecule has 0 aliphatic carbocycles. The smallest absolute Gasteiger partial charge is 0.0964 e. The zero-order chi connectivity index (χ0) is 19.2. The molecule has 27 heavy (non-hydrogen) atoms. The van der Waals surface area contributed by atoms with E-state index in [1.165, 1.54) is 0 Å². The van der Waals surface area contributed by atoms with Crippen LogP contribution in [0.25, 0.3) is 27.4 Å². The van der Waals surface area contributed by atoms with Crippen LogP contribution in [0, 0.1) is 0 Å². The number of aromatic nitrogens is 2. The molecule has 3 aromatic rings. The van der Waals surface area contributed by atoms with Gasteiger partial charge in [-0.25, -0.2) is 0 Å². The van der Waals surface area contributed by atoms with E-state index < -0.39 is 0 Å². The molecule has 0 saturated carbocycles. The third-order valence-electron chi connectivity index (χ3n) is 4.13. The second-order valence-corrected chi connectivity index (χ2v) is 6.11. The molecule has 0 bridgehead atoms. The van der Waals surface area contributed by atoms with Gasteiger partial charge in [-0.3, -0.25) is 15.0 Å². The lowest BCUT2D eigenvalue weighted by atomic mass is 10.0. The summed E-state index contributed by atoms with van der Waals surface area (Å²) in [6.07, 6.45) is 13.0. The van der Waals surface area contributed by atoms with Gasteiger partial charge in [-0.05, 0) is 34.9 Å². The van der Waals surface area contributed by atoms with Crippen LogP contribution in [0.1, 0.15) is 5.56 Å². The van der Waals surface area contributed by atoms with Crippen LogP contribution >= 0.6 is 0 Å². The Balaban J connectivity index is 2.13. The fourth-order valence-corrected chi connectivity index (χ4v) is 2.79. The van der Waals surface area contributed by atoms with Crippen LogP contribution in [-0.4, -0.2) is 23.2 Å². The van der Waals surface area contributed by atoms with Crippen LogP contribution in [-0.2, 0) is 0 Å². The first-order valence-corrected chi connectivity index (χ1v) is 8.58. The molecule has 0 unspecified atom stereocenters. The standard InChI is InChI=1S/C24H21N3/c1-5-17(2)8-9-20(13-18(3)15-25-4)22-14-21-11-10-19-7-6-12-26-23(19)24(21)27-16-22/h5-16H,1-3H2,4H3/b9-8-,20-13+,25-15-. The van der Waals surface area contributed by atoms with E-state index in [0.29, 0.717) is 0 Å². The Labute approximate surface area is 159 Å². The Bertz CT molecular complexity index is 1130. The molecule has 1 aromatic carbocycles. The average molecular weight is 351 g/mol. The van der Waals surface area contributed by atoms with Crippen molar-refractivity contribution >= 4 is 33.6 Å². The minimum absolute atomic E-state index is 0.807. The Morgan fingerprint density at radius 1 is 1.00 bits per heavy atom. The molecule has 3 rings (SSSR count). The van der Waals surface area contributed by atoms with Gasteiger partial charge < -0.3 is 0 Å². The summed E-state index contributed by atoms with van der Waals surface area (Å²) >= 11 is 0. The molecule has 132 valence electrons. The van der Waals surface area contributed by atoms with Gasteiger partial charge in [0.05, 0.1) is 11.0 Å². The van der Waals surface area contributed by atoms with Gasteiger partial charge in [-0.1, -0.05) is 56.2 Å². The van der Waals surface area contributed by atoms with E-state index in [1.807, 2.05) is 36.6 Å². The molecular weight excluding hydrogens is 330 g/mol.